The molecule has 0 saturated heterocycles. The lowest BCUT2D eigenvalue weighted by Crippen LogP contribution is -3.00. The number of aromatic nitrogens is 2. The molecule has 0 unspecified atom stereocenters. The van der Waals surface area contributed by atoms with Gasteiger partial charge in [-0.05, 0) is 74.6 Å². The molecule has 0 N–H and O–H groups in total. The van der Waals surface area contributed by atoms with E-state index in [0.29, 0.717) is 6.54 Å². The van der Waals surface area contributed by atoms with E-state index in [9.17, 15) is 0 Å². The van der Waals surface area contributed by atoms with Crippen molar-refractivity contribution < 1.29 is 26.4 Å². The number of ether oxygens (including phenoxy) is 2. The zero-order valence-electron chi connectivity index (χ0n) is 27.4. The third-order valence-corrected chi connectivity index (χ3v) is 7.97. The van der Waals surface area contributed by atoms with Gasteiger partial charge >= 0.3 is 0 Å². The Hall–Kier alpha value is -2.18. The van der Waals surface area contributed by atoms with E-state index in [-0.39, 0.29) is 12.4 Å². The van der Waals surface area contributed by atoms with Gasteiger partial charge in [0.15, 0.2) is 12.4 Å². The summed E-state index contributed by atoms with van der Waals surface area (Å²) < 4.78 is 14.0. The number of hydrogen-bond donors (Lipinski definition) is 0. The molecule has 2 rings (SSSR count). The van der Waals surface area contributed by atoms with E-state index in [1.807, 2.05) is 18.5 Å². The fraction of sp³-hybridized carbons (Fsp3) is 0.722. The maximum absolute atomic E-state index is 8.26. The van der Waals surface area contributed by atoms with Crippen molar-refractivity contribution in [2.75, 3.05) is 33.0 Å². The Balaban J connectivity index is 0.00000968. The van der Waals surface area contributed by atoms with Crippen molar-refractivity contribution in [2.45, 2.75) is 135 Å². The highest BCUT2D eigenvalue weighted by Crippen LogP contribution is 2.11. The van der Waals surface area contributed by atoms with Crippen LogP contribution >= 0.6 is 0 Å². The maximum atomic E-state index is 8.26. The molecular weight excluding hydrogens is 570 g/mol. The molecule has 0 radical (unpaired) electrons. The number of aryl methyl sites for hydroxylation is 3. The monoisotopic (exact) mass is 629 g/mol. The Labute approximate surface area is 274 Å². The average molecular weight is 630 g/mol. The maximum Gasteiger partial charge on any atom is 0.171 e. The highest BCUT2D eigenvalue weighted by Gasteiger charge is 2.04. The smallest absolute Gasteiger partial charge is 0.171 e. The van der Waals surface area contributed by atoms with E-state index >= 15 is 0 Å². The molecule has 0 spiro atoms. The Morgan fingerprint density at radius 2 is 1.16 bits per heavy atom. The van der Waals surface area contributed by atoms with Crippen LogP contribution in [0.2, 0.25) is 0 Å². The van der Waals surface area contributed by atoms with Crippen molar-refractivity contribution in [2.24, 2.45) is 5.11 Å². The van der Waals surface area contributed by atoms with E-state index < -0.39 is 0 Å². The van der Waals surface area contributed by atoms with Gasteiger partial charge in [0.05, 0.1) is 0 Å². The van der Waals surface area contributed by atoms with E-state index in [2.05, 4.69) is 50.2 Å². The summed E-state index contributed by atoms with van der Waals surface area (Å²) in [4.78, 5) is 6.95. The predicted molar refractivity (Wildman–Crippen MR) is 177 cm³/mol. The van der Waals surface area contributed by atoms with Crippen LogP contribution in [0.25, 0.3) is 10.4 Å². The van der Waals surface area contributed by atoms with Crippen LogP contribution in [0.1, 0.15) is 127 Å². The fourth-order valence-electron chi connectivity index (χ4n) is 5.42. The summed E-state index contributed by atoms with van der Waals surface area (Å²) in [7, 11) is 0. The molecule has 0 bridgehead atoms. The minimum absolute atomic E-state index is 0. The van der Waals surface area contributed by atoms with Crippen LogP contribution in [0.5, 0.6) is 0 Å². The molecule has 7 nitrogen and oxygen atoms in total. The minimum Gasteiger partial charge on any atom is -1.00 e. The Kier molecular flexibility index (Phi) is 27.9. The molecule has 0 aliphatic carbocycles. The second-order valence-electron chi connectivity index (χ2n) is 11.9. The number of rotatable bonds is 30. The fourth-order valence-corrected chi connectivity index (χ4v) is 5.42. The molecule has 0 fully saturated rings. The van der Waals surface area contributed by atoms with Gasteiger partial charge in [0.25, 0.3) is 0 Å². The zero-order valence-corrected chi connectivity index (χ0v) is 28.2. The SMILES string of the molecule is [Cl-].[N-]=[N+]=NCCCCCCCCCCOCCCc1ccc[n+](CCCCCCCCCCOCCCc2cccnc2)c1. The highest BCUT2D eigenvalue weighted by molar-refractivity contribution is 5.08. The molecule has 2 aromatic heterocycles. The first-order valence-corrected chi connectivity index (χ1v) is 17.4. The topological polar surface area (TPSA) is 84.0 Å². The van der Waals surface area contributed by atoms with Crippen LogP contribution in [0.3, 0.4) is 0 Å². The van der Waals surface area contributed by atoms with Crippen molar-refractivity contribution in [1.82, 2.24) is 4.98 Å². The van der Waals surface area contributed by atoms with Crippen LogP contribution in [0.15, 0.2) is 54.2 Å². The van der Waals surface area contributed by atoms with Crippen LogP contribution in [-0.4, -0.2) is 38.0 Å². The summed E-state index contributed by atoms with van der Waals surface area (Å²) in [6, 6.07) is 8.58. The summed E-state index contributed by atoms with van der Waals surface area (Å²) in [5.41, 5.74) is 11.0. The molecule has 0 atom stereocenters. The summed E-state index contributed by atoms with van der Waals surface area (Å²) in [5.74, 6) is 0. The molecule has 0 aliphatic heterocycles. The molecule has 2 heterocycles. The van der Waals surface area contributed by atoms with Crippen molar-refractivity contribution in [3.05, 3.63) is 70.6 Å². The van der Waals surface area contributed by atoms with Gasteiger partial charge in [0.1, 0.15) is 6.54 Å². The molecule has 44 heavy (non-hydrogen) atoms. The lowest BCUT2D eigenvalue weighted by atomic mass is 10.1. The van der Waals surface area contributed by atoms with Crippen LogP contribution < -0.4 is 17.0 Å². The molecule has 0 aliphatic rings. The minimum atomic E-state index is 0. The zero-order chi connectivity index (χ0) is 30.3. The first-order chi connectivity index (χ1) is 21.4. The third-order valence-electron chi connectivity index (χ3n) is 7.97. The molecule has 0 aromatic carbocycles. The summed E-state index contributed by atoms with van der Waals surface area (Å²) >= 11 is 0. The van der Waals surface area contributed by atoms with Gasteiger partial charge in [-0.2, -0.15) is 0 Å². The lowest BCUT2D eigenvalue weighted by molar-refractivity contribution is -0.697. The predicted octanol–water partition coefficient (Wildman–Crippen LogP) is 6.52. The summed E-state index contributed by atoms with van der Waals surface area (Å²) in [6.07, 6.45) is 32.9. The number of nitrogens with zero attached hydrogens (tertiary/aromatic N) is 5. The standard InChI is InChI=1S/C36H60N5O2.ClH/c37-40-39-26-13-9-5-1-3-7-11-16-30-43-32-20-24-36-22-18-28-41(34-36)27-14-10-6-2-4-8-12-15-29-42-31-19-23-35-21-17-25-38-33-35;/h17-18,21-22,25,28,33-34H,1-16,19-20,23-24,26-27,29-32H2;1H/q+1;/p-1. The van der Waals surface area contributed by atoms with Crippen LogP contribution in [-0.2, 0) is 28.9 Å². The van der Waals surface area contributed by atoms with E-state index in [0.717, 1.165) is 65.1 Å². The second kappa shape index (κ2) is 30.8. The van der Waals surface area contributed by atoms with Gasteiger partial charge in [0.2, 0.25) is 0 Å². The van der Waals surface area contributed by atoms with Gasteiger partial charge in [-0.15, -0.1) is 0 Å². The largest absolute Gasteiger partial charge is 1.00 e. The number of azide groups is 1. The van der Waals surface area contributed by atoms with E-state index in [1.54, 1.807) is 0 Å². The van der Waals surface area contributed by atoms with Crippen LogP contribution in [0, 0.1) is 0 Å². The number of hydrogen-bond acceptors (Lipinski definition) is 4. The van der Waals surface area contributed by atoms with Crippen molar-refractivity contribution >= 4 is 0 Å². The van der Waals surface area contributed by atoms with Gasteiger partial charge in [-0.25, -0.2) is 4.57 Å². The van der Waals surface area contributed by atoms with E-state index in [4.69, 9.17) is 15.0 Å². The molecule has 2 aromatic rings. The molecule has 0 saturated carbocycles. The lowest BCUT2D eigenvalue weighted by Gasteiger charge is -2.05. The molecule has 248 valence electrons. The first-order valence-electron chi connectivity index (χ1n) is 17.4. The van der Waals surface area contributed by atoms with E-state index in [1.165, 1.54) is 107 Å². The summed E-state index contributed by atoms with van der Waals surface area (Å²) in [6.45, 7) is 5.28. The van der Waals surface area contributed by atoms with Crippen molar-refractivity contribution in [1.29, 1.82) is 0 Å². The second-order valence-corrected chi connectivity index (χ2v) is 11.9. The number of pyridine rings is 2. The Morgan fingerprint density at radius 3 is 1.75 bits per heavy atom. The molecule has 8 heteroatoms. The van der Waals surface area contributed by atoms with Gasteiger partial charge < -0.3 is 21.9 Å². The number of halogens is 1. The first kappa shape index (κ1) is 39.8. The molecular formula is C36H60ClN5O2. The quantitative estimate of drug-likeness (QED) is 0.0324. The van der Waals surface area contributed by atoms with Gasteiger partial charge in [-0.1, -0.05) is 81.8 Å². The van der Waals surface area contributed by atoms with Gasteiger partial charge in [0, 0.05) is 68.3 Å². The normalized spacial score (nSPS) is 10.8. The van der Waals surface area contributed by atoms with Crippen molar-refractivity contribution in [3.8, 4) is 0 Å². The average Bonchev–Trinajstić information content (AvgIpc) is 3.04. The van der Waals surface area contributed by atoms with Gasteiger partial charge in [-0.3, -0.25) is 4.98 Å². The summed E-state index contributed by atoms with van der Waals surface area (Å²) in [5, 5.41) is 3.58. The van der Waals surface area contributed by atoms with Crippen molar-refractivity contribution in [3.63, 3.8) is 0 Å². The Morgan fingerprint density at radius 1 is 0.636 bits per heavy atom. The molecule has 0 amide bonds. The highest BCUT2D eigenvalue weighted by atomic mass is 35.5. The third kappa shape index (κ3) is 24.2. The Bertz CT molecular complexity index is 943. The van der Waals surface area contributed by atoms with Crippen LogP contribution in [0.4, 0.5) is 0 Å². The number of unbranched alkanes of at least 4 members (excludes halogenated alkanes) is 14.